The fourth-order valence-electron chi connectivity index (χ4n) is 2.13. The van der Waals surface area contributed by atoms with Gasteiger partial charge in [0, 0.05) is 5.56 Å². The molecule has 1 heterocycles. The molecule has 0 saturated carbocycles. The first-order valence-electron chi connectivity index (χ1n) is 7.32. The number of nitrogens with zero attached hydrogens (tertiary/aromatic N) is 2. The first kappa shape index (κ1) is 15.0. The van der Waals surface area contributed by atoms with Crippen molar-refractivity contribution in [3.8, 4) is 17.2 Å². The van der Waals surface area contributed by atoms with Gasteiger partial charge in [-0.2, -0.15) is 0 Å². The van der Waals surface area contributed by atoms with Gasteiger partial charge in [-0.3, -0.25) is 0 Å². The van der Waals surface area contributed by atoms with Crippen LogP contribution in [0.3, 0.4) is 0 Å². The molecule has 0 unspecified atom stereocenters. The molecule has 0 bridgehead atoms. The topological polar surface area (TPSA) is 65.2 Å². The quantitative estimate of drug-likeness (QED) is 0.536. The highest BCUT2D eigenvalue weighted by Crippen LogP contribution is 2.21. The number of carbonyl (C=O) groups excluding carboxylic acids is 1. The van der Waals surface area contributed by atoms with E-state index in [1.807, 2.05) is 12.1 Å². The fraction of sp³-hybridized carbons (Fsp3) is 0.167. The maximum absolute atomic E-state index is 12.1. The van der Waals surface area contributed by atoms with Crippen LogP contribution in [0.25, 0.3) is 11.5 Å². The van der Waals surface area contributed by atoms with Gasteiger partial charge in [0.25, 0.3) is 0 Å². The fourth-order valence-corrected chi connectivity index (χ4v) is 2.13. The third-order valence-electron chi connectivity index (χ3n) is 3.48. The third-order valence-corrected chi connectivity index (χ3v) is 3.48. The molecule has 0 N–H and O–H groups in total. The molecule has 1 aromatic heterocycles. The van der Waals surface area contributed by atoms with Crippen molar-refractivity contribution >= 4 is 5.97 Å². The molecule has 0 aliphatic heterocycles. The highest BCUT2D eigenvalue weighted by molar-refractivity contribution is 5.91. The minimum atomic E-state index is -0.383. The molecule has 5 nitrogen and oxygen atoms in total. The van der Waals surface area contributed by atoms with Gasteiger partial charge in [-0.05, 0) is 47.9 Å². The van der Waals surface area contributed by atoms with Crippen molar-refractivity contribution in [3.05, 3.63) is 66.1 Å². The van der Waals surface area contributed by atoms with E-state index in [1.54, 1.807) is 36.4 Å². The molecule has 0 amide bonds. The summed E-state index contributed by atoms with van der Waals surface area (Å²) in [5.74, 6) is 0.932. The Labute approximate surface area is 133 Å². The van der Waals surface area contributed by atoms with E-state index in [9.17, 15) is 4.79 Å². The van der Waals surface area contributed by atoms with Crippen LogP contribution < -0.4 is 4.74 Å². The van der Waals surface area contributed by atoms with E-state index >= 15 is 0 Å². The van der Waals surface area contributed by atoms with Crippen LogP contribution in [0.4, 0.5) is 0 Å². The number of ether oxygens (including phenoxy) is 1. The second kappa shape index (κ2) is 6.44. The number of hydrogen-bond acceptors (Lipinski definition) is 5. The molecule has 0 aliphatic rings. The van der Waals surface area contributed by atoms with E-state index in [2.05, 4.69) is 24.0 Å². The number of esters is 1. The van der Waals surface area contributed by atoms with Gasteiger partial charge in [0.15, 0.2) is 0 Å². The van der Waals surface area contributed by atoms with Crippen LogP contribution in [0.2, 0.25) is 0 Å². The minimum Gasteiger partial charge on any atom is -0.423 e. The lowest BCUT2D eigenvalue weighted by molar-refractivity contribution is 0.0735. The minimum absolute atomic E-state index is 0.383. The molecular weight excluding hydrogens is 292 g/mol. The van der Waals surface area contributed by atoms with Crippen molar-refractivity contribution in [2.45, 2.75) is 19.8 Å². The summed E-state index contributed by atoms with van der Waals surface area (Å²) in [5, 5.41) is 7.45. The van der Waals surface area contributed by atoms with Gasteiger partial charge < -0.3 is 9.15 Å². The highest BCUT2D eigenvalue weighted by Gasteiger charge is 2.10. The summed E-state index contributed by atoms with van der Waals surface area (Å²) >= 11 is 0. The second-order valence-electron chi connectivity index (χ2n) is 5.43. The Kier molecular flexibility index (Phi) is 4.19. The Morgan fingerprint density at radius 3 is 2.30 bits per heavy atom. The van der Waals surface area contributed by atoms with Gasteiger partial charge in [-0.25, -0.2) is 4.79 Å². The lowest BCUT2D eigenvalue weighted by Gasteiger charge is -2.07. The molecule has 116 valence electrons. The van der Waals surface area contributed by atoms with Crippen LogP contribution in [0.5, 0.6) is 5.75 Å². The summed E-state index contributed by atoms with van der Waals surface area (Å²) in [6, 6.07) is 14.4. The molecule has 3 rings (SSSR count). The predicted molar refractivity (Wildman–Crippen MR) is 85.2 cm³/mol. The van der Waals surface area contributed by atoms with Crippen LogP contribution in [0.1, 0.15) is 35.7 Å². The molecule has 0 atom stereocenters. The zero-order chi connectivity index (χ0) is 16.2. The SMILES string of the molecule is CC(C)c1ccc(C(=O)Oc2ccc(-c3nnco3)cc2)cc1. The first-order valence-corrected chi connectivity index (χ1v) is 7.32. The number of carbonyl (C=O) groups is 1. The lowest BCUT2D eigenvalue weighted by Crippen LogP contribution is -2.08. The number of rotatable bonds is 4. The Hall–Kier alpha value is -2.95. The summed E-state index contributed by atoms with van der Waals surface area (Å²) in [4.78, 5) is 12.1. The van der Waals surface area contributed by atoms with Gasteiger partial charge >= 0.3 is 5.97 Å². The molecule has 0 aliphatic carbocycles. The largest absolute Gasteiger partial charge is 0.423 e. The Morgan fingerprint density at radius 1 is 1.04 bits per heavy atom. The van der Waals surface area contributed by atoms with Crippen molar-refractivity contribution in [3.63, 3.8) is 0 Å². The van der Waals surface area contributed by atoms with Gasteiger partial charge in [-0.15, -0.1) is 10.2 Å². The molecule has 0 spiro atoms. The van der Waals surface area contributed by atoms with Gasteiger partial charge in [0.2, 0.25) is 12.3 Å². The number of benzene rings is 2. The third kappa shape index (κ3) is 3.45. The van der Waals surface area contributed by atoms with Crippen molar-refractivity contribution in [1.29, 1.82) is 0 Å². The second-order valence-corrected chi connectivity index (χ2v) is 5.43. The molecule has 23 heavy (non-hydrogen) atoms. The average molecular weight is 308 g/mol. The van der Waals surface area contributed by atoms with Gasteiger partial charge in [-0.1, -0.05) is 26.0 Å². The molecule has 2 aromatic carbocycles. The first-order chi connectivity index (χ1) is 11.1. The van der Waals surface area contributed by atoms with Crippen LogP contribution >= 0.6 is 0 Å². The monoisotopic (exact) mass is 308 g/mol. The number of hydrogen-bond donors (Lipinski definition) is 0. The smallest absolute Gasteiger partial charge is 0.343 e. The zero-order valence-corrected chi connectivity index (χ0v) is 12.9. The van der Waals surface area contributed by atoms with E-state index in [0.717, 1.165) is 5.56 Å². The van der Waals surface area contributed by atoms with Gasteiger partial charge in [0.1, 0.15) is 5.75 Å². The molecule has 3 aromatic rings. The van der Waals surface area contributed by atoms with Gasteiger partial charge in [0.05, 0.1) is 5.56 Å². The van der Waals surface area contributed by atoms with E-state index < -0.39 is 0 Å². The average Bonchev–Trinajstić information content (AvgIpc) is 3.10. The van der Waals surface area contributed by atoms with Crippen molar-refractivity contribution in [1.82, 2.24) is 10.2 Å². The maximum atomic E-state index is 12.1. The summed E-state index contributed by atoms with van der Waals surface area (Å²) in [5.41, 5.74) is 2.48. The van der Waals surface area contributed by atoms with Crippen LogP contribution in [-0.2, 0) is 0 Å². The van der Waals surface area contributed by atoms with Crippen molar-refractivity contribution in [2.75, 3.05) is 0 Å². The van der Waals surface area contributed by atoms with Crippen molar-refractivity contribution in [2.24, 2.45) is 0 Å². The van der Waals surface area contributed by atoms with E-state index in [4.69, 9.17) is 9.15 Å². The van der Waals surface area contributed by atoms with E-state index in [-0.39, 0.29) is 5.97 Å². The summed E-state index contributed by atoms with van der Waals surface area (Å²) < 4.78 is 10.5. The summed E-state index contributed by atoms with van der Waals surface area (Å²) in [6.07, 6.45) is 1.27. The van der Waals surface area contributed by atoms with Crippen LogP contribution in [0, 0.1) is 0 Å². The van der Waals surface area contributed by atoms with Crippen molar-refractivity contribution < 1.29 is 13.9 Å². The Balaban J connectivity index is 1.70. The standard InChI is InChI=1S/C18H16N2O3/c1-12(2)13-3-5-15(6-4-13)18(21)23-16-9-7-14(8-10-16)17-20-19-11-22-17/h3-12H,1-2H3. The van der Waals surface area contributed by atoms with Crippen LogP contribution in [-0.4, -0.2) is 16.2 Å². The molecule has 0 fully saturated rings. The van der Waals surface area contributed by atoms with E-state index in [0.29, 0.717) is 23.1 Å². The highest BCUT2D eigenvalue weighted by atomic mass is 16.5. The predicted octanol–water partition coefficient (Wildman–Crippen LogP) is 4.08. The molecule has 0 radical (unpaired) electrons. The molecule has 5 heteroatoms. The summed E-state index contributed by atoms with van der Waals surface area (Å²) in [7, 11) is 0. The zero-order valence-electron chi connectivity index (χ0n) is 12.9. The number of aromatic nitrogens is 2. The molecular formula is C18H16N2O3. The summed E-state index contributed by atoms with van der Waals surface area (Å²) in [6.45, 7) is 4.22. The maximum Gasteiger partial charge on any atom is 0.343 e. The lowest BCUT2D eigenvalue weighted by atomic mass is 10.0. The molecule has 0 saturated heterocycles. The Morgan fingerprint density at radius 2 is 1.74 bits per heavy atom. The Bertz CT molecular complexity index is 776. The normalized spacial score (nSPS) is 10.7. The van der Waals surface area contributed by atoms with E-state index in [1.165, 1.54) is 12.0 Å². The van der Waals surface area contributed by atoms with Crippen LogP contribution in [0.15, 0.2) is 59.3 Å².